The number of nitrogens with zero attached hydrogens (tertiary/aromatic N) is 1. The van der Waals surface area contributed by atoms with Crippen molar-refractivity contribution in [2.45, 2.75) is 0 Å². The average molecular weight is 217 g/mol. The second-order valence-electron chi connectivity index (χ2n) is 2.97. The lowest BCUT2D eigenvalue weighted by Gasteiger charge is -1.90. The van der Waals surface area contributed by atoms with Gasteiger partial charge in [0.05, 0.1) is 18.7 Å². The molecule has 0 amide bonds. The first-order valence-corrected chi connectivity index (χ1v) is 5.08. The molecule has 2 aromatic rings. The molecule has 0 radical (unpaired) electrons. The lowest BCUT2D eigenvalue weighted by molar-refractivity contribution is 0.0606. The molecular formula is C11H7NO2S. The molecule has 1 aromatic heterocycles. The van der Waals surface area contributed by atoms with E-state index in [0.717, 1.165) is 10.1 Å². The first-order valence-electron chi connectivity index (χ1n) is 4.26. The van der Waals surface area contributed by atoms with E-state index in [1.807, 2.05) is 6.07 Å². The summed E-state index contributed by atoms with van der Waals surface area (Å²) < 4.78 is 5.55. The second kappa shape index (κ2) is 3.71. The van der Waals surface area contributed by atoms with E-state index in [4.69, 9.17) is 5.26 Å². The second-order valence-corrected chi connectivity index (χ2v) is 4.05. The Balaban J connectivity index is 2.57. The predicted molar refractivity (Wildman–Crippen MR) is 57.9 cm³/mol. The average Bonchev–Trinajstić information content (AvgIpc) is 2.70. The highest BCUT2D eigenvalue weighted by molar-refractivity contribution is 7.20. The third kappa shape index (κ3) is 1.69. The molecule has 0 saturated carbocycles. The first kappa shape index (κ1) is 9.69. The van der Waals surface area contributed by atoms with Gasteiger partial charge in [-0.25, -0.2) is 4.79 Å². The van der Waals surface area contributed by atoms with E-state index in [9.17, 15) is 4.79 Å². The van der Waals surface area contributed by atoms with Gasteiger partial charge in [-0.05, 0) is 23.6 Å². The number of hydrogen-bond acceptors (Lipinski definition) is 4. The van der Waals surface area contributed by atoms with Crippen molar-refractivity contribution in [3.05, 3.63) is 34.7 Å². The minimum absolute atomic E-state index is 0.338. The van der Waals surface area contributed by atoms with Crippen molar-refractivity contribution >= 4 is 27.4 Å². The highest BCUT2D eigenvalue weighted by Gasteiger charge is 2.10. The molecule has 4 heteroatoms. The zero-order valence-electron chi connectivity index (χ0n) is 7.98. The molecule has 74 valence electrons. The zero-order valence-corrected chi connectivity index (χ0v) is 8.80. The summed E-state index contributed by atoms with van der Waals surface area (Å²) in [6, 6.07) is 9.17. The Hall–Kier alpha value is -1.86. The standard InChI is InChI=1S/C11H7NO2S/c1-14-11(13)10-5-8-3-2-7(6-12)4-9(8)15-10/h2-5H,1H3. The van der Waals surface area contributed by atoms with Crippen molar-refractivity contribution in [2.24, 2.45) is 0 Å². The fourth-order valence-corrected chi connectivity index (χ4v) is 2.32. The molecule has 0 saturated heterocycles. The summed E-state index contributed by atoms with van der Waals surface area (Å²) in [5.74, 6) is -0.338. The molecule has 15 heavy (non-hydrogen) atoms. The van der Waals surface area contributed by atoms with Gasteiger partial charge < -0.3 is 4.74 Å². The van der Waals surface area contributed by atoms with Crippen LogP contribution in [0, 0.1) is 11.3 Å². The van der Waals surface area contributed by atoms with Crippen LogP contribution in [-0.4, -0.2) is 13.1 Å². The molecule has 0 aliphatic carbocycles. The van der Waals surface area contributed by atoms with E-state index < -0.39 is 0 Å². The summed E-state index contributed by atoms with van der Waals surface area (Å²) in [7, 11) is 1.35. The van der Waals surface area contributed by atoms with Crippen LogP contribution in [0.4, 0.5) is 0 Å². The van der Waals surface area contributed by atoms with Gasteiger partial charge in [0.15, 0.2) is 0 Å². The maximum atomic E-state index is 11.3. The molecule has 0 N–H and O–H groups in total. The highest BCUT2D eigenvalue weighted by Crippen LogP contribution is 2.26. The van der Waals surface area contributed by atoms with Crippen LogP contribution in [0.2, 0.25) is 0 Å². The number of benzene rings is 1. The van der Waals surface area contributed by atoms with Gasteiger partial charge in [0.1, 0.15) is 4.88 Å². The van der Waals surface area contributed by atoms with E-state index in [-0.39, 0.29) is 5.97 Å². The van der Waals surface area contributed by atoms with Crippen LogP contribution in [0.15, 0.2) is 24.3 Å². The van der Waals surface area contributed by atoms with Crippen molar-refractivity contribution in [2.75, 3.05) is 7.11 Å². The summed E-state index contributed by atoms with van der Waals surface area (Å²) in [5, 5.41) is 9.68. The fourth-order valence-electron chi connectivity index (χ4n) is 1.30. The molecular weight excluding hydrogens is 210 g/mol. The van der Waals surface area contributed by atoms with Crippen LogP contribution in [0.25, 0.3) is 10.1 Å². The maximum absolute atomic E-state index is 11.3. The smallest absolute Gasteiger partial charge is 0.348 e. The van der Waals surface area contributed by atoms with Gasteiger partial charge in [-0.3, -0.25) is 0 Å². The molecule has 0 aliphatic heterocycles. The van der Waals surface area contributed by atoms with Crippen LogP contribution < -0.4 is 0 Å². The number of rotatable bonds is 1. The van der Waals surface area contributed by atoms with Crippen molar-refractivity contribution in [3.63, 3.8) is 0 Å². The number of nitriles is 1. The van der Waals surface area contributed by atoms with E-state index in [1.165, 1.54) is 18.4 Å². The van der Waals surface area contributed by atoms with Crippen molar-refractivity contribution in [3.8, 4) is 6.07 Å². The van der Waals surface area contributed by atoms with E-state index >= 15 is 0 Å². The van der Waals surface area contributed by atoms with Crippen LogP contribution in [-0.2, 0) is 4.74 Å². The van der Waals surface area contributed by atoms with Crippen LogP contribution >= 0.6 is 11.3 Å². The Morgan fingerprint density at radius 2 is 2.27 bits per heavy atom. The molecule has 0 aliphatic rings. The minimum Gasteiger partial charge on any atom is -0.465 e. The Labute approximate surface area is 90.5 Å². The van der Waals surface area contributed by atoms with Crippen molar-refractivity contribution in [1.29, 1.82) is 5.26 Å². The van der Waals surface area contributed by atoms with Gasteiger partial charge in [0, 0.05) is 4.70 Å². The molecule has 0 spiro atoms. The van der Waals surface area contributed by atoms with Gasteiger partial charge in [-0.1, -0.05) is 6.07 Å². The highest BCUT2D eigenvalue weighted by atomic mass is 32.1. The maximum Gasteiger partial charge on any atom is 0.348 e. The summed E-state index contributed by atoms with van der Waals surface area (Å²) in [6.45, 7) is 0. The molecule has 0 fully saturated rings. The SMILES string of the molecule is COC(=O)c1cc2ccc(C#N)cc2s1. The predicted octanol–water partition coefficient (Wildman–Crippen LogP) is 2.56. The van der Waals surface area contributed by atoms with E-state index in [0.29, 0.717) is 10.4 Å². The number of fused-ring (bicyclic) bond motifs is 1. The number of thiophene rings is 1. The lowest BCUT2D eigenvalue weighted by Crippen LogP contribution is -1.96. The van der Waals surface area contributed by atoms with Gasteiger partial charge >= 0.3 is 5.97 Å². The van der Waals surface area contributed by atoms with Crippen LogP contribution in [0.5, 0.6) is 0 Å². The molecule has 3 nitrogen and oxygen atoms in total. The van der Waals surface area contributed by atoms with Gasteiger partial charge in [0.2, 0.25) is 0 Å². The van der Waals surface area contributed by atoms with Gasteiger partial charge in [-0.15, -0.1) is 11.3 Å². The molecule has 1 aromatic carbocycles. The van der Waals surface area contributed by atoms with E-state index in [1.54, 1.807) is 18.2 Å². The molecule has 1 heterocycles. The summed E-state index contributed by atoms with van der Waals surface area (Å²) >= 11 is 1.33. The Morgan fingerprint density at radius 1 is 1.47 bits per heavy atom. The number of hydrogen-bond donors (Lipinski definition) is 0. The Morgan fingerprint density at radius 3 is 2.93 bits per heavy atom. The zero-order chi connectivity index (χ0) is 10.8. The summed E-state index contributed by atoms with van der Waals surface area (Å²) in [6.07, 6.45) is 0. The summed E-state index contributed by atoms with van der Waals surface area (Å²) in [4.78, 5) is 11.8. The minimum atomic E-state index is -0.338. The molecule has 2 rings (SSSR count). The van der Waals surface area contributed by atoms with Crippen LogP contribution in [0.3, 0.4) is 0 Å². The fraction of sp³-hybridized carbons (Fsp3) is 0.0909. The van der Waals surface area contributed by atoms with Crippen molar-refractivity contribution in [1.82, 2.24) is 0 Å². The number of carbonyl (C=O) groups is 1. The Bertz CT molecular complexity index is 565. The third-order valence-corrected chi connectivity index (χ3v) is 3.11. The molecule has 0 atom stereocenters. The number of esters is 1. The normalized spacial score (nSPS) is 9.87. The largest absolute Gasteiger partial charge is 0.465 e. The topological polar surface area (TPSA) is 50.1 Å². The molecule has 0 unspecified atom stereocenters. The number of ether oxygens (including phenoxy) is 1. The number of methoxy groups -OCH3 is 1. The van der Waals surface area contributed by atoms with E-state index in [2.05, 4.69) is 10.8 Å². The monoisotopic (exact) mass is 217 g/mol. The quantitative estimate of drug-likeness (QED) is 0.690. The third-order valence-electron chi connectivity index (χ3n) is 2.04. The van der Waals surface area contributed by atoms with Gasteiger partial charge in [-0.2, -0.15) is 5.26 Å². The molecule has 0 bridgehead atoms. The lowest BCUT2D eigenvalue weighted by atomic mass is 10.2. The van der Waals surface area contributed by atoms with Crippen LogP contribution in [0.1, 0.15) is 15.2 Å². The van der Waals surface area contributed by atoms with Gasteiger partial charge in [0.25, 0.3) is 0 Å². The number of carbonyl (C=O) groups excluding carboxylic acids is 1. The first-order chi connectivity index (χ1) is 7.24. The Kier molecular flexibility index (Phi) is 2.40. The summed E-state index contributed by atoms with van der Waals surface area (Å²) in [5.41, 5.74) is 0.598. The van der Waals surface area contributed by atoms with Crippen molar-refractivity contribution < 1.29 is 9.53 Å².